The molecule has 0 aliphatic carbocycles. The minimum Gasteiger partial charge on any atom is -0.394 e. The van der Waals surface area contributed by atoms with Crippen LogP contribution in [-0.4, -0.2) is 49.8 Å². The van der Waals surface area contributed by atoms with E-state index in [2.05, 4.69) is 4.98 Å². The number of H-pyrrole nitrogens is 1. The Morgan fingerprint density at radius 1 is 1.39 bits per heavy atom. The molecular weight excluding hydrogens is 249 g/mol. The number of nitrogens with zero attached hydrogens (tertiary/aromatic N) is 1. The Kier molecular flexibility index (Phi) is 3.35. The standard InChI is InChI=1S/C10H14N2O6/c1-4-2-12(10(17)11-8(4)16)9-7(15)6(14)5(3-13)18-9/h2,5-7,9,13-15H,3H2,1H3,(H,11,16,17)/t5-,6-,7-,9-/m1/s1/i3+1,5+1,6+1,7+1,9+1. The van der Waals surface area contributed by atoms with Gasteiger partial charge in [0.1, 0.15) is 18.3 Å². The van der Waals surface area contributed by atoms with Crippen LogP contribution in [0.25, 0.3) is 0 Å². The molecule has 2 rings (SSSR count). The monoisotopic (exact) mass is 263 g/mol. The first-order valence-electron chi connectivity index (χ1n) is 5.40. The van der Waals surface area contributed by atoms with Crippen LogP contribution in [0.15, 0.2) is 15.8 Å². The summed E-state index contributed by atoms with van der Waals surface area (Å²) in [6, 6.07) is 0. The molecule has 0 saturated carbocycles. The zero-order chi connectivity index (χ0) is 13.4. The number of aryl methyl sites for hydroxylation is 1. The lowest BCUT2D eigenvalue weighted by atomic mass is 10.4. The molecule has 1 fully saturated rings. The predicted octanol–water partition coefficient (Wildman–Crippen LogP) is -2.54. The summed E-state index contributed by atoms with van der Waals surface area (Å²) >= 11 is 0. The lowest BCUT2D eigenvalue weighted by molar-refractivity contribution is -0.0551. The Morgan fingerprint density at radius 3 is 2.61 bits per heavy atom. The Balaban J connectivity index is 2.42. The van der Waals surface area contributed by atoms with Gasteiger partial charge in [-0.2, -0.15) is 0 Å². The number of aromatic amines is 1. The Bertz CT molecular complexity index is 550. The van der Waals surface area contributed by atoms with Crippen molar-refractivity contribution >= 4 is 0 Å². The molecule has 0 aromatic carbocycles. The second kappa shape index (κ2) is 4.65. The Morgan fingerprint density at radius 2 is 2.06 bits per heavy atom. The molecule has 18 heavy (non-hydrogen) atoms. The van der Waals surface area contributed by atoms with Gasteiger partial charge in [-0.05, 0) is 6.92 Å². The molecule has 0 spiro atoms. The highest BCUT2D eigenvalue weighted by atomic mass is 16.8. The molecule has 2 heterocycles. The average molecular weight is 263 g/mol. The summed E-state index contributed by atoms with van der Waals surface area (Å²) in [5, 5.41) is 28.3. The molecule has 8 nitrogen and oxygen atoms in total. The van der Waals surface area contributed by atoms with E-state index in [0.717, 1.165) is 4.57 Å². The van der Waals surface area contributed by atoms with Gasteiger partial charge < -0.3 is 20.1 Å². The van der Waals surface area contributed by atoms with Crippen molar-refractivity contribution in [2.75, 3.05) is 6.61 Å². The molecule has 0 bridgehead atoms. The maximum atomic E-state index is 11.6. The maximum absolute atomic E-state index is 11.6. The van der Waals surface area contributed by atoms with Gasteiger partial charge in [0.05, 0.1) is 6.61 Å². The van der Waals surface area contributed by atoms with Crippen molar-refractivity contribution in [3.8, 4) is 0 Å². The van der Waals surface area contributed by atoms with Crippen LogP contribution in [-0.2, 0) is 4.74 Å². The normalized spacial score (nSPS) is 31.8. The van der Waals surface area contributed by atoms with Crippen LogP contribution < -0.4 is 11.2 Å². The highest BCUT2D eigenvalue weighted by Crippen LogP contribution is 2.27. The molecule has 4 N–H and O–H groups in total. The molecule has 1 aromatic heterocycles. The van der Waals surface area contributed by atoms with Crippen LogP contribution in [0.3, 0.4) is 0 Å². The van der Waals surface area contributed by atoms with E-state index in [1.807, 2.05) is 0 Å². The number of aliphatic hydroxyl groups is 3. The van der Waals surface area contributed by atoms with Crippen LogP contribution in [0.5, 0.6) is 0 Å². The van der Waals surface area contributed by atoms with Gasteiger partial charge in [0.25, 0.3) is 5.56 Å². The van der Waals surface area contributed by atoms with E-state index in [4.69, 9.17) is 9.84 Å². The summed E-state index contributed by atoms with van der Waals surface area (Å²) in [6.07, 6.45) is -3.52. The maximum Gasteiger partial charge on any atom is 0.330 e. The summed E-state index contributed by atoms with van der Waals surface area (Å²) in [5.74, 6) is 0. The van der Waals surface area contributed by atoms with Crippen molar-refractivity contribution in [2.24, 2.45) is 0 Å². The molecule has 0 amide bonds. The van der Waals surface area contributed by atoms with Crippen LogP contribution in [0.2, 0.25) is 0 Å². The van der Waals surface area contributed by atoms with E-state index >= 15 is 0 Å². The van der Waals surface area contributed by atoms with Gasteiger partial charge in [0.15, 0.2) is 6.23 Å². The van der Waals surface area contributed by atoms with Gasteiger partial charge in [-0.15, -0.1) is 0 Å². The molecule has 0 radical (unpaired) electrons. The van der Waals surface area contributed by atoms with Crippen LogP contribution in [0, 0.1) is 6.92 Å². The van der Waals surface area contributed by atoms with Gasteiger partial charge >= 0.3 is 5.69 Å². The fourth-order valence-corrected chi connectivity index (χ4v) is 1.88. The lowest BCUT2D eigenvalue weighted by Gasteiger charge is -2.17. The first-order valence-corrected chi connectivity index (χ1v) is 5.40. The van der Waals surface area contributed by atoms with Gasteiger partial charge in [-0.3, -0.25) is 14.3 Å². The number of rotatable bonds is 2. The Labute approximate surface area is 101 Å². The molecule has 8 heteroatoms. The minimum absolute atomic E-state index is 0.271. The van der Waals surface area contributed by atoms with Gasteiger partial charge in [0, 0.05) is 11.8 Å². The molecule has 1 saturated heterocycles. The van der Waals surface area contributed by atoms with Crippen molar-refractivity contribution in [1.82, 2.24) is 9.55 Å². The van der Waals surface area contributed by atoms with E-state index in [1.165, 1.54) is 13.1 Å². The zero-order valence-corrected chi connectivity index (χ0v) is 9.61. The quantitative estimate of drug-likeness (QED) is 0.436. The van der Waals surface area contributed by atoms with E-state index in [9.17, 15) is 19.8 Å². The molecule has 100 valence electrons. The largest absolute Gasteiger partial charge is 0.394 e. The smallest absolute Gasteiger partial charge is 0.330 e. The summed E-state index contributed by atoms with van der Waals surface area (Å²) in [7, 11) is 0. The fraction of sp³-hybridized carbons (Fsp3) is 0.600. The third-order valence-electron chi connectivity index (χ3n) is 2.94. The molecule has 1 aliphatic heterocycles. The van der Waals surface area contributed by atoms with Crippen molar-refractivity contribution in [3.05, 3.63) is 32.6 Å². The van der Waals surface area contributed by atoms with Gasteiger partial charge in [0.2, 0.25) is 0 Å². The first kappa shape index (κ1) is 13.0. The average Bonchev–Trinajstić information content (AvgIpc) is 2.61. The zero-order valence-electron chi connectivity index (χ0n) is 9.61. The second-order valence-electron chi connectivity index (χ2n) is 4.21. The summed E-state index contributed by atoms with van der Waals surface area (Å²) in [6.45, 7) is 1.02. The van der Waals surface area contributed by atoms with Gasteiger partial charge in [-0.1, -0.05) is 0 Å². The number of aromatic nitrogens is 2. The van der Waals surface area contributed by atoms with Crippen LogP contribution in [0.1, 0.15) is 11.8 Å². The molecule has 1 aliphatic rings. The summed E-state index contributed by atoms with van der Waals surface area (Å²) in [5.41, 5.74) is -1.00. The topological polar surface area (TPSA) is 125 Å². The number of hydrogen-bond acceptors (Lipinski definition) is 6. The van der Waals surface area contributed by atoms with Crippen molar-refractivity contribution in [2.45, 2.75) is 31.5 Å². The predicted molar refractivity (Wildman–Crippen MR) is 59.1 cm³/mol. The molecule has 1 aromatic rings. The van der Waals surface area contributed by atoms with E-state index in [0.29, 0.717) is 0 Å². The first-order chi connectivity index (χ1) is 8.45. The van der Waals surface area contributed by atoms with E-state index < -0.39 is 42.4 Å². The lowest BCUT2D eigenvalue weighted by Crippen LogP contribution is -2.38. The SMILES string of the molecule is Cc1cn([13C@@H]2O[13C@H]([13CH2]O)[13C@@H](O)[13C@H]2O)c(=O)[nH]c1=O. The minimum atomic E-state index is -1.36. The van der Waals surface area contributed by atoms with Crippen LogP contribution >= 0.6 is 0 Å². The van der Waals surface area contributed by atoms with E-state index in [-0.39, 0.29) is 5.56 Å². The third kappa shape index (κ3) is 1.99. The van der Waals surface area contributed by atoms with Crippen LogP contribution in [0.4, 0.5) is 0 Å². The molecule has 4 atom stereocenters. The van der Waals surface area contributed by atoms with Crippen molar-refractivity contribution in [1.29, 1.82) is 0 Å². The van der Waals surface area contributed by atoms with Crippen molar-refractivity contribution in [3.63, 3.8) is 0 Å². The number of nitrogens with one attached hydrogen (secondary N) is 1. The van der Waals surface area contributed by atoms with E-state index in [1.54, 1.807) is 0 Å². The number of hydrogen-bond donors (Lipinski definition) is 4. The van der Waals surface area contributed by atoms with Gasteiger partial charge in [-0.25, -0.2) is 4.79 Å². The Hall–Kier alpha value is -1.48. The third-order valence-corrected chi connectivity index (χ3v) is 2.94. The number of ether oxygens (including phenoxy) is 1. The molecule has 0 unspecified atom stereocenters. The highest BCUT2D eigenvalue weighted by molar-refractivity contribution is 5.03. The highest BCUT2D eigenvalue weighted by Gasteiger charge is 2.43. The fourth-order valence-electron chi connectivity index (χ4n) is 1.88. The summed E-state index contributed by atoms with van der Waals surface area (Å²) < 4.78 is 6.17. The summed E-state index contributed by atoms with van der Waals surface area (Å²) in [4.78, 5) is 24.9. The molecular formula is C10H14N2O6. The number of aliphatic hydroxyl groups excluding tert-OH is 3. The van der Waals surface area contributed by atoms with Crippen molar-refractivity contribution < 1.29 is 20.1 Å². The second-order valence-corrected chi connectivity index (χ2v) is 4.21.